The van der Waals surface area contributed by atoms with E-state index in [1.807, 2.05) is 0 Å². The Balaban J connectivity index is 2.17. The fraction of sp³-hybridized carbons (Fsp3) is 0.750. The van der Waals surface area contributed by atoms with Crippen molar-refractivity contribution in [1.29, 1.82) is 0 Å². The van der Waals surface area contributed by atoms with E-state index < -0.39 is 6.04 Å². The molecule has 2 heterocycles. The smallest absolute Gasteiger partial charge is 0.248 e. The molecule has 2 aliphatic heterocycles. The zero-order chi connectivity index (χ0) is 10.1. The minimum atomic E-state index is -0.734. The van der Waals surface area contributed by atoms with Crippen LogP contribution in [0.2, 0.25) is 0 Å². The Morgan fingerprint density at radius 3 is 3.07 bits per heavy atom. The summed E-state index contributed by atoms with van der Waals surface area (Å²) in [5.74, 6) is 1.23. The van der Waals surface area contributed by atoms with E-state index in [9.17, 15) is 9.59 Å². The SMILES string of the molecule is O=C1NC(CO)C(=O)N2CCSCC12. The summed E-state index contributed by atoms with van der Waals surface area (Å²) < 4.78 is 0. The summed E-state index contributed by atoms with van der Waals surface area (Å²) in [5.41, 5.74) is 0. The van der Waals surface area contributed by atoms with Gasteiger partial charge in [0.15, 0.2) is 0 Å². The second-order valence-electron chi connectivity index (χ2n) is 3.37. The Bertz CT molecular complexity index is 271. The van der Waals surface area contributed by atoms with Crippen molar-refractivity contribution in [2.45, 2.75) is 12.1 Å². The highest BCUT2D eigenvalue weighted by atomic mass is 32.2. The first kappa shape index (κ1) is 9.79. The lowest BCUT2D eigenvalue weighted by Gasteiger charge is -2.40. The van der Waals surface area contributed by atoms with Gasteiger partial charge in [-0.3, -0.25) is 9.59 Å². The van der Waals surface area contributed by atoms with E-state index in [0.29, 0.717) is 12.3 Å². The number of hydrogen-bond donors (Lipinski definition) is 2. The van der Waals surface area contributed by atoms with Gasteiger partial charge in [0.1, 0.15) is 12.1 Å². The quantitative estimate of drug-likeness (QED) is 0.555. The Morgan fingerprint density at radius 1 is 1.57 bits per heavy atom. The van der Waals surface area contributed by atoms with Crippen molar-refractivity contribution in [1.82, 2.24) is 10.2 Å². The Morgan fingerprint density at radius 2 is 2.36 bits per heavy atom. The second-order valence-corrected chi connectivity index (χ2v) is 4.52. The molecule has 0 aromatic carbocycles. The highest BCUT2D eigenvalue weighted by Gasteiger charge is 2.41. The van der Waals surface area contributed by atoms with Crippen LogP contribution in [0.25, 0.3) is 0 Å². The van der Waals surface area contributed by atoms with Crippen molar-refractivity contribution in [2.24, 2.45) is 0 Å². The van der Waals surface area contributed by atoms with Gasteiger partial charge in [-0.15, -0.1) is 0 Å². The van der Waals surface area contributed by atoms with Crippen LogP contribution in [0.15, 0.2) is 0 Å². The molecule has 2 amide bonds. The number of nitrogens with one attached hydrogen (secondary N) is 1. The highest BCUT2D eigenvalue weighted by Crippen LogP contribution is 2.20. The minimum absolute atomic E-state index is 0.143. The molecule has 0 radical (unpaired) electrons. The number of aliphatic hydroxyl groups excluding tert-OH is 1. The van der Waals surface area contributed by atoms with Crippen LogP contribution in [-0.4, -0.2) is 58.6 Å². The van der Waals surface area contributed by atoms with Gasteiger partial charge in [-0.2, -0.15) is 11.8 Å². The van der Waals surface area contributed by atoms with E-state index in [1.165, 1.54) is 0 Å². The fourth-order valence-electron chi connectivity index (χ4n) is 1.74. The number of aliphatic hydroxyl groups is 1. The molecule has 0 spiro atoms. The first-order chi connectivity index (χ1) is 6.74. The number of piperazine rings is 1. The number of fused-ring (bicyclic) bond motifs is 1. The highest BCUT2D eigenvalue weighted by molar-refractivity contribution is 7.99. The molecule has 0 aromatic heterocycles. The van der Waals surface area contributed by atoms with Crippen LogP contribution in [0, 0.1) is 0 Å². The Hall–Kier alpha value is -0.750. The molecule has 2 aliphatic rings. The van der Waals surface area contributed by atoms with Gasteiger partial charge in [0, 0.05) is 18.1 Å². The summed E-state index contributed by atoms with van der Waals surface area (Å²) in [6.07, 6.45) is 0. The van der Waals surface area contributed by atoms with Gasteiger partial charge >= 0.3 is 0 Å². The zero-order valence-corrected chi connectivity index (χ0v) is 8.42. The summed E-state index contributed by atoms with van der Waals surface area (Å²) in [5, 5.41) is 11.4. The van der Waals surface area contributed by atoms with Gasteiger partial charge in [-0.25, -0.2) is 0 Å². The standard InChI is InChI=1S/C8H12N2O3S/c11-3-5-8(13)10-1-2-14-4-6(10)7(12)9-5/h5-6,11H,1-4H2,(H,9,12). The predicted octanol–water partition coefficient (Wildman–Crippen LogP) is -1.58. The van der Waals surface area contributed by atoms with Gasteiger partial charge in [-0.1, -0.05) is 0 Å². The molecular formula is C8H12N2O3S. The van der Waals surface area contributed by atoms with Crippen LogP contribution in [-0.2, 0) is 9.59 Å². The van der Waals surface area contributed by atoms with E-state index in [-0.39, 0.29) is 24.5 Å². The Labute approximate surface area is 85.8 Å². The lowest BCUT2D eigenvalue weighted by molar-refractivity contribution is -0.149. The van der Waals surface area contributed by atoms with E-state index in [4.69, 9.17) is 5.11 Å². The molecule has 2 N–H and O–H groups in total. The molecule has 2 rings (SSSR count). The number of carbonyl (C=O) groups is 2. The number of nitrogens with zero attached hydrogens (tertiary/aromatic N) is 1. The maximum atomic E-state index is 11.7. The monoisotopic (exact) mass is 216 g/mol. The van der Waals surface area contributed by atoms with E-state index in [0.717, 1.165) is 5.75 Å². The van der Waals surface area contributed by atoms with Gasteiger partial charge in [0.25, 0.3) is 0 Å². The number of amides is 2. The maximum Gasteiger partial charge on any atom is 0.248 e. The molecule has 2 saturated heterocycles. The molecule has 78 valence electrons. The molecule has 6 heteroatoms. The summed E-state index contributed by atoms with van der Waals surface area (Å²) in [7, 11) is 0. The van der Waals surface area contributed by atoms with Crippen LogP contribution in [0.4, 0.5) is 0 Å². The van der Waals surface area contributed by atoms with Gasteiger partial charge in [0.05, 0.1) is 6.61 Å². The summed E-state index contributed by atoms with van der Waals surface area (Å²) in [6, 6.07) is -1.06. The van der Waals surface area contributed by atoms with Gasteiger partial charge < -0.3 is 15.3 Å². The van der Waals surface area contributed by atoms with Crippen molar-refractivity contribution in [3.63, 3.8) is 0 Å². The first-order valence-electron chi connectivity index (χ1n) is 4.53. The van der Waals surface area contributed by atoms with Crippen LogP contribution in [0.5, 0.6) is 0 Å². The van der Waals surface area contributed by atoms with Crippen LogP contribution in [0.1, 0.15) is 0 Å². The van der Waals surface area contributed by atoms with E-state index >= 15 is 0 Å². The van der Waals surface area contributed by atoms with Crippen LogP contribution >= 0.6 is 11.8 Å². The van der Waals surface area contributed by atoms with E-state index in [1.54, 1.807) is 16.7 Å². The topological polar surface area (TPSA) is 69.6 Å². The lowest BCUT2D eigenvalue weighted by Crippen LogP contribution is -2.66. The number of hydrogen-bond acceptors (Lipinski definition) is 4. The Kier molecular flexibility index (Phi) is 2.64. The first-order valence-corrected chi connectivity index (χ1v) is 5.69. The third-order valence-corrected chi connectivity index (χ3v) is 3.53. The van der Waals surface area contributed by atoms with Crippen molar-refractivity contribution < 1.29 is 14.7 Å². The number of carbonyl (C=O) groups excluding carboxylic acids is 2. The second kappa shape index (κ2) is 3.78. The molecular weight excluding hydrogens is 204 g/mol. The van der Waals surface area contributed by atoms with Crippen molar-refractivity contribution >= 4 is 23.6 Å². The number of thioether (sulfide) groups is 1. The van der Waals surface area contributed by atoms with Crippen molar-refractivity contribution in [3.05, 3.63) is 0 Å². The van der Waals surface area contributed by atoms with E-state index in [2.05, 4.69) is 5.32 Å². The average molecular weight is 216 g/mol. The average Bonchev–Trinajstić information content (AvgIpc) is 2.23. The molecule has 5 nitrogen and oxygen atoms in total. The summed E-state index contributed by atoms with van der Waals surface area (Å²) in [6.45, 7) is 0.291. The lowest BCUT2D eigenvalue weighted by atomic mass is 10.1. The maximum absolute atomic E-state index is 11.7. The summed E-state index contributed by atoms with van der Waals surface area (Å²) in [4.78, 5) is 24.8. The summed E-state index contributed by atoms with van der Waals surface area (Å²) >= 11 is 1.68. The third kappa shape index (κ3) is 1.48. The molecule has 0 saturated carbocycles. The normalized spacial score (nSPS) is 32.5. The number of rotatable bonds is 1. The minimum Gasteiger partial charge on any atom is -0.394 e. The van der Waals surface area contributed by atoms with Gasteiger partial charge in [0.2, 0.25) is 11.8 Å². The van der Waals surface area contributed by atoms with Crippen molar-refractivity contribution in [3.8, 4) is 0 Å². The third-order valence-electron chi connectivity index (χ3n) is 2.51. The molecule has 2 fully saturated rings. The predicted molar refractivity (Wildman–Crippen MR) is 51.8 cm³/mol. The molecule has 14 heavy (non-hydrogen) atoms. The zero-order valence-electron chi connectivity index (χ0n) is 7.60. The molecule has 0 bridgehead atoms. The molecule has 0 aromatic rings. The largest absolute Gasteiger partial charge is 0.394 e. The molecule has 2 atom stereocenters. The van der Waals surface area contributed by atoms with Crippen molar-refractivity contribution in [2.75, 3.05) is 24.7 Å². The fourth-order valence-corrected chi connectivity index (χ4v) is 2.79. The molecule has 0 aliphatic carbocycles. The molecule has 2 unspecified atom stereocenters. The van der Waals surface area contributed by atoms with Gasteiger partial charge in [-0.05, 0) is 0 Å². The van der Waals surface area contributed by atoms with Crippen LogP contribution in [0.3, 0.4) is 0 Å². The van der Waals surface area contributed by atoms with Crippen LogP contribution < -0.4 is 5.32 Å².